The molecule has 5 N–H and O–H groups in total. The Morgan fingerprint density at radius 1 is 1.47 bits per heavy atom. The normalized spacial score (nSPS) is 33.6. The number of imidazole rings is 1. The maximum absolute atomic E-state index is 11.1. The summed E-state index contributed by atoms with van der Waals surface area (Å²) in [5, 5.41) is 28.6. The smallest absolute Gasteiger partial charge is 0.267 e. The minimum absolute atomic E-state index is 0.0534. The number of aliphatic hydroxyl groups is 3. The SMILES string of the molecule is NC(=O)c1cncn1[C@@H]1OC[C@@H](O)[C@@H](O)[C@@H]1O. The van der Waals surface area contributed by atoms with Crippen molar-refractivity contribution < 1.29 is 24.9 Å². The van der Waals surface area contributed by atoms with Crippen LogP contribution in [0.5, 0.6) is 0 Å². The summed E-state index contributed by atoms with van der Waals surface area (Å²) in [6.07, 6.45) is -2.39. The number of primary amides is 1. The van der Waals surface area contributed by atoms with E-state index in [-0.39, 0.29) is 12.3 Å². The van der Waals surface area contributed by atoms with Gasteiger partial charge in [-0.25, -0.2) is 4.98 Å². The number of hydrogen-bond donors (Lipinski definition) is 4. The maximum Gasteiger partial charge on any atom is 0.267 e. The van der Waals surface area contributed by atoms with Gasteiger partial charge < -0.3 is 25.8 Å². The van der Waals surface area contributed by atoms with E-state index in [9.17, 15) is 20.1 Å². The molecule has 1 fully saturated rings. The summed E-state index contributed by atoms with van der Waals surface area (Å²) in [7, 11) is 0. The van der Waals surface area contributed by atoms with E-state index in [0.29, 0.717) is 0 Å². The van der Waals surface area contributed by atoms with E-state index in [2.05, 4.69) is 4.98 Å². The molecule has 2 rings (SSSR count). The van der Waals surface area contributed by atoms with E-state index in [1.165, 1.54) is 17.1 Å². The molecule has 1 aliphatic heterocycles. The predicted molar refractivity (Wildman–Crippen MR) is 53.8 cm³/mol. The van der Waals surface area contributed by atoms with Crippen LogP contribution in [0.4, 0.5) is 0 Å². The fourth-order valence-electron chi connectivity index (χ4n) is 1.73. The van der Waals surface area contributed by atoms with Crippen molar-refractivity contribution in [3.05, 3.63) is 18.2 Å². The zero-order valence-electron chi connectivity index (χ0n) is 8.80. The van der Waals surface area contributed by atoms with Gasteiger partial charge in [-0.2, -0.15) is 0 Å². The Kier molecular flexibility index (Phi) is 3.11. The van der Waals surface area contributed by atoms with Crippen LogP contribution < -0.4 is 5.73 Å². The molecule has 0 radical (unpaired) electrons. The van der Waals surface area contributed by atoms with Crippen molar-refractivity contribution in [2.75, 3.05) is 6.61 Å². The number of ether oxygens (including phenoxy) is 1. The van der Waals surface area contributed by atoms with Crippen molar-refractivity contribution in [2.45, 2.75) is 24.5 Å². The van der Waals surface area contributed by atoms with E-state index < -0.39 is 30.4 Å². The predicted octanol–water partition coefficient (Wildman–Crippen LogP) is -2.41. The standard InChI is InChI=1S/C9H13N3O5/c10-8(16)4-1-11-3-12(4)9-7(15)6(14)5(13)2-17-9/h1,3,5-7,9,13-15H,2H2,(H2,10,16)/t5-,6-,7+,9-/m1/s1. The number of aromatic nitrogens is 2. The Morgan fingerprint density at radius 2 is 2.18 bits per heavy atom. The van der Waals surface area contributed by atoms with Crippen molar-refractivity contribution in [2.24, 2.45) is 5.73 Å². The van der Waals surface area contributed by atoms with Crippen LogP contribution in [0.25, 0.3) is 0 Å². The largest absolute Gasteiger partial charge is 0.388 e. The summed E-state index contributed by atoms with van der Waals surface area (Å²) in [6.45, 7) is -0.153. The molecule has 8 nitrogen and oxygen atoms in total. The van der Waals surface area contributed by atoms with Crippen molar-refractivity contribution in [3.63, 3.8) is 0 Å². The summed E-state index contributed by atoms with van der Waals surface area (Å²) < 4.78 is 6.39. The van der Waals surface area contributed by atoms with Gasteiger partial charge in [0.15, 0.2) is 6.23 Å². The highest BCUT2D eigenvalue weighted by Crippen LogP contribution is 2.25. The zero-order valence-corrected chi connectivity index (χ0v) is 8.80. The molecular weight excluding hydrogens is 230 g/mol. The van der Waals surface area contributed by atoms with Gasteiger partial charge in [0.05, 0.1) is 19.1 Å². The molecule has 17 heavy (non-hydrogen) atoms. The number of nitrogens with two attached hydrogens (primary N) is 1. The van der Waals surface area contributed by atoms with Crippen LogP contribution in [0.3, 0.4) is 0 Å². The second-order valence-electron chi connectivity index (χ2n) is 3.82. The van der Waals surface area contributed by atoms with Crippen LogP contribution >= 0.6 is 0 Å². The summed E-state index contributed by atoms with van der Waals surface area (Å²) in [5.74, 6) is -0.723. The summed E-state index contributed by atoms with van der Waals surface area (Å²) >= 11 is 0. The van der Waals surface area contributed by atoms with Crippen LogP contribution in [0.15, 0.2) is 12.5 Å². The number of hydrogen-bond acceptors (Lipinski definition) is 6. The molecule has 1 amide bonds. The molecule has 0 bridgehead atoms. The lowest BCUT2D eigenvalue weighted by Gasteiger charge is -2.36. The van der Waals surface area contributed by atoms with Crippen molar-refractivity contribution in [1.82, 2.24) is 9.55 Å². The topological polar surface area (TPSA) is 131 Å². The van der Waals surface area contributed by atoms with Crippen LogP contribution in [0.2, 0.25) is 0 Å². The minimum Gasteiger partial charge on any atom is -0.388 e. The van der Waals surface area contributed by atoms with Gasteiger partial charge in [-0.15, -0.1) is 0 Å². The van der Waals surface area contributed by atoms with Gasteiger partial charge >= 0.3 is 0 Å². The van der Waals surface area contributed by atoms with Gasteiger partial charge in [0.1, 0.15) is 24.0 Å². The highest BCUT2D eigenvalue weighted by molar-refractivity contribution is 5.90. The second kappa shape index (κ2) is 4.41. The molecular formula is C9H13N3O5. The number of amides is 1. The van der Waals surface area contributed by atoms with Gasteiger partial charge in [-0.1, -0.05) is 0 Å². The zero-order chi connectivity index (χ0) is 12.6. The fraction of sp³-hybridized carbons (Fsp3) is 0.556. The molecule has 8 heteroatoms. The Hall–Kier alpha value is -1.48. The van der Waals surface area contributed by atoms with E-state index >= 15 is 0 Å². The van der Waals surface area contributed by atoms with Crippen molar-refractivity contribution in [3.8, 4) is 0 Å². The first-order valence-electron chi connectivity index (χ1n) is 5.00. The first-order chi connectivity index (χ1) is 8.02. The molecule has 0 spiro atoms. The van der Waals surface area contributed by atoms with E-state index in [0.717, 1.165) is 0 Å². The Morgan fingerprint density at radius 3 is 2.82 bits per heavy atom. The van der Waals surface area contributed by atoms with Crippen molar-refractivity contribution in [1.29, 1.82) is 0 Å². The minimum atomic E-state index is -1.37. The van der Waals surface area contributed by atoms with Gasteiger partial charge in [0, 0.05) is 0 Å². The lowest BCUT2D eigenvalue weighted by molar-refractivity contribution is -0.211. The molecule has 0 aromatic carbocycles. The quantitative estimate of drug-likeness (QED) is 0.457. The maximum atomic E-state index is 11.1. The number of carbonyl (C=O) groups is 1. The average molecular weight is 243 g/mol. The first kappa shape index (κ1) is 12.0. The molecule has 1 aliphatic rings. The van der Waals surface area contributed by atoms with Crippen LogP contribution in [-0.2, 0) is 4.74 Å². The van der Waals surface area contributed by atoms with Gasteiger partial charge in [-0.05, 0) is 0 Å². The average Bonchev–Trinajstić information content (AvgIpc) is 2.75. The van der Waals surface area contributed by atoms with Crippen LogP contribution in [0.1, 0.15) is 16.7 Å². The number of nitrogens with zero attached hydrogens (tertiary/aromatic N) is 2. The van der Waals surface area contributed by atoms with E-state index in [1.54, 1.807) is 0 Å². The van der Waals surface area contributed by atoms with Crippen LogP contribution in [0, 0.1) is 0 Å². The molecule has 94 valence electrons. The Labute approximate surface area is 96.3 Å². The highest BCUT2D eigenvalue weighted by atomic mass is 16.5. The van der Waals surface area contributed by atoms with E-state index in [4.69, 9.17) is 10.5 Å². The lowest BCUT2D eigenvalue weighted by Crippen LogP contribution is -2.51. The molecule has 0 saturated carbocycles. The number of aliphatic hydroxyl groups excluding tert-OH is 3. The second-order valence-corrected chi connectivity index (χ2v) is 3.82. The van der Waals surface area contributed by atoms with Gasteiger partial charge in [0.25, 0.3) is 5.91 Å². The molecule has 0 aliphatic carbocycles. The van der Waals surface area contributed by atoms with Crippen molar-refractivity contribution >= 4 is 5.91 Å². The first-order valence-corrected chi connectivity index (χ1v) is 5.00. The molecule has 1 saturated heterocycles. The summed E-state index contributed by atoms with van der Waals surface area (Å²) in [4.78, 5) is 14.8. The third kappa shape index (κ3) is 2.03. The number of carbonyl (C=O) groups excluding carboxylic acids is 1. The fourth-order valence-corrected chi connectivity index (χ4v) is 1.73. The van der Waals surface area contributed by atoms with E-state index in [1.807, 2.05) is 0 Å². The monoisotopic (exact) mass is 243 g/mol. The Balaban J connectivity index is 2.28. The lowest BCUT2D eigenvalue weighted by atomic mass is 10.0. The molecule has 0 unspecified atom stereocenters. The van der Waals surface area contributed by atoms with Gasteiger partial charge in [0.2, 0.25) is 0 Å². The van der Waals surface area contributed by atoms with Gasteiger partial charge in [-0.3, -0.25) is 9.36 Å². The third-order valence-electron chi connectivity index (χ3n) is 2.67. The molecule has 2 heterocycles. The highest BCUT2D eigenvalue weighted by Gasteiger charge is 2.39. The Bertz CT molecular complexity index is 421. The third-order valence-corrected chi connectivity index (χ3v) is 2.67. The molecule has 1 aromatic heterocycles. The number of rotatable bonds is 2. The molecule has 4 atom stereocenters. The summed E-state index contributed by atoms with van der Waals surface area (Å²) in [6, 6.07) is 0. The van der Waals surface area contributed by atoms with Crippen LogP contribution in [-0.4, -0.2) is 55.7 Å². The molecule has 1 aromatic rings. The summed E-state index contributed by atoms with van der Waals surface area (Å²) in [5.41, 5.74) is 5.18.